The Morgan fingerprint density at radius 1 is 1.20 bits per heavy atom. The number of carboxylic acid groups (broad SMARTS) is 1. The van der Waals surface area contributed by atoms with Gasteiger partial charge in [-0.05, 0) is 42.4 Å². The molecule has 0 amide bonds. The molecule has 1 spiro atoms. The van der Waals surface area contributed by atoms with Crippen LogP contribution in [0.3, 0.4) is 0 Å². The number of nitrogens with zero attached hydrogens (tertiary/aromatic N) is 1. The summed E-state index contributed by atoms with van der Waals surface area (Å²) in [5, 5.41) is 9.00. The highest BCUT2D eigenvalue weighted by Gasteiger charge is 2.42. The number of hydrogen-bond acceptors (Lipinski definition) is 2. The van der Waals surface area contributed by atoms with E-state index in [1.54, 1.807) is 12.1 Å². The standard InChI is InChI=1S/C17H23NO2/c19-16(20)15-6-4-5-14(11-15)7-10-18-12-17(13-18)8-2-1-3-9-17/h4-6,11H,1-3,7-10,12-13H2,(H,19,20). The summed E-state index contributed by atoms with van der Waals surface area (Å²) in [5.41, 5.74) is 2.17. The van der Waals surface area contributed by atoms with Crippen molar-refractivity contribution in [3.63, 3.8) is 0 Å². The van der Waals surface area contributed by atoms with Gasteiger partial charge in [-0.1, -0.05) is 31.4 Å². The first-order chi connectivity index (χ1) is 9.67. The van der Waals surface area contributed by atoms with Crippen LogP contribution in [0.15, 0.2) is 24.3 Å². The third-order valence-electron chi connectivity index (χ3n) is 4.92. The average molecular weight is 273 g/mol. The Labute approximate surface area is 120 Å². The van der Waals surface area contributed by atoms with Gasteiger partial charge in [0.15, 0.2) is 0 Å². The summed E-state index contributed by atoms with van der Waals surface area (Å²) in [7, 11) is 0. The van der Waals surface area contributed by atoms with Crippen LogP contribution in [0.4, 0.5) is 0 Å². The lowest BCUT2D eigenvalue weighted by Gasteiger charge is -2.52. The van der Waals surface area contributed by atoms with Gasteiger partial charge >= 0.3 is 5.97 Å². The molecule has 3 rings (SSSR count). The number of aromatic carboxylic acids is 1. The molecular weight excluding hydrogens is 250 g/mol. The molecule has 0 atom stereocenters. The molecule has 0 radical (unpaired) electrons. The lowest BCUT2D eigenvalue weighted by Crippen LogP contribution is -2.57. The Hall–Kier alpha value is -1.35. The zero-order valence-corrected chi connectivity index (χ0v) is 12.0. The zero-order valence-electron chi connectivity index (χ0n) is 12.0. The van der Waals surface area contributed by atoms with Crippen LogP contribution in [-0.2, 0) is 6.42 Å². The SMILES string of the molecule is O=C(O)c1cccc(CCN2CC3(CCCCC3)C2)c1. The predicted octanol–water partition coefficient (Wildman–Crippen LogP) is 3.19. The normalized spacial score (nSPS) is 21.6. The highest BCUT2D eigenvalue weighted by molar-refractivity contribution is 5.87. The van der Waals surface area contributed by atoms with Crippen molar-refractivity contribution in [2.75, 3.05) is 19.6 Å². The Balaban J connectivity index is 1.49. The van der Waals surface area contributed by atoms with Gasteiger partial charge in [-0.15, -0.1) is 0 Å². The van der Waals surface area contributed by atoms with E-state index < -0.39 is 5.97 Å². The van der Waals surface area contributed by atoms with Crippen molar-refractivity contribution < 1.29 is 9.90 Å². The van der Waals surface area contributed by atoms with Gasteiger partial charge in [-0.3, -0.25) is 0 Å². The molecular formula is C17H23NO2. The number of hydrogen-bond donors (Lipinski definition) is 1. The quantitative estimate of drug-likeness (QED) is 0.916. The topological polar surface area (TPSA) is 40.5 Å². The summed E-state index contributed by atoms with van der Waals surface area (Å²) in [6, 6.07) is 7.34. The molecule has 3 nitrogen and oxygen atoms in total. The molecule has 0 aromatic heterocycles. The molecule has 0 unspecified atom stereocenters. The van der Waals surface area contributed by atoms with Crippen LogP contribution in [0.5, 0.6) is 0 Å². The fourth-order valence-corrected chi connectivity index (χ4v) is 3.83. The van der Waals surface area contributed by atoms with Crippen LogP contribution >= 0.6 is 0 Å². The van der Waals surface area contributed by atoms with Crippen molar-refractivity contribution in [1.29, 1.82) is 0 Å². The third kappa shape index (κ3) is 2.88. The van der Waals surface area contributed by atoms with Crippen LogP contribution in [0, 0.1) is 5.41 Å². The molecule has 1 heterocycles. The number of likely N-dealkylation sites (tertiary alicyclic amines) is 1. The summed E-state index contributed by atoms with van der Waals surface area (Å²) in [6.07, 6.45) is 8.03. The highest BCUT2D eigenvalue weighted by atomic mass is 16.4. The monoisotopic (exact) mass is 273 g/mol. The van der Waals surface area contributed by atoms with Crippen molar-refractivity contribution in [3.05, 3.63) is 35.4 Å². The summed E-state index contributed by atoms with van der Waals surface area (Å²) in [6.45, 7) is 3.57. The summed E-state index contributed by atoms with van der Waals surface area (Å²) >= 11 is 0. The molecule has 108 valence electrons. The molecule has 1 N–H and O–H groups in total. The van der Waals surface area contributed by atoms with E-state index in [-0.39, 0.29) is 0 Å². The minimum atomic E-state index is -0.836. The van der Waals surface area contributed by atoms with Crippen LogP contribution in [-0.4, -0.2) is 35.6 Å². The first-order valence-electron chi connectivity index (χ1n) is 7.72. The van der Waals surface area contributed by atoms with Crippen molar-refractivity contribution in [1.82, 2.24) is 4.90 Å². The molecule has 0 bridgehead atoms. The Bertz CT molecular complexity index is 484. The minimum absolute atomic E-state index is 0.398. The van der Waals surface area contributed by atoms with Crippen LogP contribution in [0.2, 0.25) is 0 Å². The molecule has 1 saturated carbocycles. The Morgan fingerprint density at radius 3 is 2.65 bits per heavy atom. The number of carboxylic acids is 1. The summed E-state index contributed by atoms with van der Waals surface area (Å²) in [4.78, 5) is 13.5. The minimum Gasteiger partial charge on any atom is -0.478 e. The van der Waals surface area contributed by atoms with Crippen LogP contribution in [0.25, 0.3) is 0 Å². The van der Waals surface area contributed by atoms with E-state index in [0.29, 0.717) is 11.0 Å². The largest absolute Gasteiger partial charge is 0.478 e. The Kier molecular flexibility index (Phi) is 3.79. The fourth-order valence-electron chi connectivity index (χ4n) is 3.83. The first kappa shape index (κ1) is 13.6. The van der Waals surface area contributed by atoms with Gasteiger partial charge in [0.2, 0.25) is 0 Å². The van der Waals surface area contributed by atoms with Crippen molar-refractivity contribution in [3.8, 4) is 0 Å². The third-order valence-corrected chi connectivity index (χ3v) is 4.92. The summed E-state index contributed by atoms with van der Waals surface area (Å²) in [5.74, 6) is -0.836. The maximum Gasteiger partial charge on any atom is 0.335 e. The van der Waals surface area contributed by atoms with Gasteiger partial charge in [-0.2, -0.15) is 0 Å². The molecule has 1 saturated heterocycles. The van der Waals surface area contributed by atoms with Crippen molar-refractivity contribution >= 4 is 5.97 Å². The highest BCUT2D eigenvalue weighted by Crippen LogP contribution is 2.43. The molecule has 20 heavy (non-hydrogen) atoms. The molecule has 1 aromatic carbocycles. The maximum absolute atomic E-state index is 11.0. The van der Waals surface area contributed by atoms with Crippen LogP contribution in [0.1, 0.15) is 48.0 Å². The van der Waals surface area contributed by atoms with E-state index in [2.05, 4.69) is 4.90 Å². The molecule has 1 aliphatic carbocycles. The Morgan fingerprint density at radius 2 is 1.95 bits per heavy atom. The van der Waals surface area contributed by atoms with E-state index in [1.165, 1.54) is 45.2 Å². The molecule has 2 fully saturated rings. The van der Waals surface area contributed by atoms with Gasteiger partial charge in [0.1, 0.15) is 0 Å². The number of carbonyl (C=O) groups is 1. The van der Waals surface area contributed by atoms with E-state index in [0.717, 1.165) is 18.5 Å². The second-order valence-electron chi connectivity index (χ2n) is 6.53. The molecule has 2 aliphatic rings. The zero-order chi connectivity index (χ0) is 14.0. The van der Waals surface area contributed by atoms with Gasteiger partial charge in [0, 0.05) is 19.6 Å². The van der Waals surface area contributed by atoms with E-state index in [9.17, 15) is 4.79 Å². The number of benzene rings is 1. The lowest BCUT2D eigenvalue weighted by atomic mass is 9.68. The first-order valence-corrected chi connectivity index (χ1v) is 7.72. The molecule has 1 aliphatic heterocycles. The van der Waals surface area contributed by atoms with E-state index >= 15 is 0 Å². The maximum atomic E-state index is 11.0. The van der Waals surface area contributed by atoms with Gasteiger partial charge in [0.25, 0.3) is 0 Å². The van der Waals surface area contributed by atoms with Gasteiger partial charge < -0.3 is 10.0 Å². The smallest absolute Gasteiger partial charge is 0.335 e. The average Bonchev–Trinajstić information content (AvgIpc) is 2.44. The van der Waals surface area contributed by atoms with E-state index in [4.69, 9.17) is 5.11 Å². The van der Waals surface area contributed by atoms with E-state index in [1.807, 2.05) is 12.1 Å². The summed E-state index contributed by atoms with van der Waals surface area (Å²) < 4.78 is 0. The van der Waals surface area contributed by atoms with Crippen molar-refractivity contribution in [2.24, 2.45) is 5.41 Å². The van der Waals surface area contributed by atoms with Gasteiger partial charge in [-0.25, -0.2) is 4.79 Å². The van der Waals surface area contributed by atoms with Gasteiger partial charge in [0.05, 0.1) is 5.56 Å². The molecule has 1 aromatic rings. The fraction of sp³-hybridized carbons (Fsp3) is 0.588. The molecule has 3 heteroatoms. The second kappa shape index (κ2) is 5.57. The second-order valence-corrected chi connectivity index (χ2v) is 6.53. The number of rotatable bonds is 4. The van der Waals surface area contributed by atoms with Crippen LogP contribution < -0.4 is 0 Å². The predicted molar refractivity (Wildman–Crippen MR) is 79.1 cm³/mol. The van der Waals surface area contributed by atoms with Crippen molar-refractivity contribution in [2.45, 2.75) is 38.5 Å². The lowest BCUT2D eigenvalue weighted by molar-refractivity contribution is -0.0268.